The first-order chi connectivity index (χ1) is 15.0. The molecule has 0 aliphatic carbocycles. The lowest BCUT2D eigenvalue weighted by Gasteiger charge is -2.25. The Morgan fingerprint density at radius 1 is 1.03 bits per heavy atom. The first-order valence-electron chi connectivity index (χ1n) is 10.2. The van der Waals surface area contributed by atoms with Crippen molar-refractivity contribution in [3.63, 3.8) is 0 Å². The van der Waals surface area contributed by atoms with Crippen molar-refractivity contribution in [2.75, 3.05) is 5.01 Å². The maximum absolute atomic E-state index is 13.4. The quantitative estimate of drug-likeness (QED) is 0.394. The highest BCUT2D eigenvalue weighted by Gasteiger charge is 2.35. The van der Waals surface area contributed by atoms with Crippen LogP contribution in [0.25, 0.3) is 0 Å². The van der Waals surface area contributed by atoms with E-state index in [1.165, 1.54) is 32.0 Å². The Morgan fingerprint density at radius 2 is 1.69 bits per heavy atom. The molecule has 1 heterocycles. The summed E-state index contributed by atoms with van der Waals surface area (Å²) < 4.78 is 0. The van der Waals surface area contributed by atoms with Gasteiger partial charge in [-0.3, -0.25) is 24.0 Å². The van der Waals surface area contributed by atoms with Gasteiger partial charge in [0.2, 0.25) is 17.7 Å². The fourth-order valence-corrected chi connectivity index (χ4v) is 3.28. The molecular weight excluding hydrogens is 418 g/mol. The number of fused-ring (bicyclic) bond motifs is 1. The third-order valence-corrected chi connectivity index (χ3v) is 5.11. The number of hydrogen-bond acceptors (Lipinski definition) is 8. The van der Waals surface area contributed by atoms with Gasteiger partial charge in [0.05, 0.1) is 28.6 Å². The van der Waals surface area contributed by atoms with E-state index in [-0.39, 0.29) is 35.6 Å². The van der Waals surface area contributed by atoms with Crippen LogP contribution in [0.15, 0.2) is 23.5 Å². The van der Waals surface area contributed by atoms with Gasteiger partial charge in [-0.2, -0.15) is 5.01 Å². The number of rotatable bonds is 8. The Balaban J connectivity index is 2.39. The van der Waals surface area contributed by atoms with E-state index >= 15 is 0 Å². The van der Waals surface area contributed by atoms with E-state index in [0.29, 0.717) is 5.01 Å². The van der Waals surface area contributed by atoms with Gasteiger partial charge < -0.3 is 16.4 Å². The first kappa shape index (κ1) is 24.8. The molecule has 32 heavy (non-hydrogen) atoms. The Labute approximate surface area is 185 Å². The molecule has 0 saturated carbocycles. The van der Waals surface area contributed by atoms with Gasteiger partial charge in [-0.05, 0) is 25.8 Å². The minimum absolute atomic E-state index is 0.0258. The summed E-state index contributed by atoms with van der Waals surface area (Å²) in [7, 11) is 0. The normalized spacial score (nSPS) is 16.5. The molecule has 0 unspecified atom stereocenters. The molecule has 2 rings (SSSR count). The van der Waals surface area contributed by atoms with E-state index in [2.05, 4.69) is 15.9 Å². The molecule has 0 fully saturated rings. The van der Waals surface area contributed by atoms with Gasteiger partial charge in [0.1, 0.15) is 6.04 Å². The van der Waals surface area contributed by atoms with Crippen molar-refractivity contribution < 1.29 is 24.0 Å². The molecule has 1 aromatic rings. The van der Waals surface area contributed by atoms with Crippen LogP contribution in [0.1, 0.15) is 61.3 Å². The lowest BCUT2D eigenvalue weighted by molar-refractivity contribution is -0.129. The molecule has 11 nitrogen and oxygen atoms in total. The van der Waals surface area contributed by atoms with Gasteiger partial charge >= 0.3 is 0 Å². The topological polar surface area (TPSA) is 168 Å². The number of ketones is 2. The molecule has 11 heteroatoms. The molecule has 0 saturated heterocycles. The fraction of sp³-hybridized carbons (Fsp3) is 0.476. The summed E-state index contributed by atoms with van der Waals surface area (Å²) in [5.74, 6) is -3.19. The predicted octanol–water partition coefficient (Wildman–Crippen LogP) is 0.853. The second kappa shape index (κ2) is 10.2. The molecule has 0 spiro atoms. The van der Waals surface area contributed by atoms with Crippen molar-refractivity contribution in [1.82, 2.24) is 10.6 Å². The first-order valence-corrected chi connectivity index (χ1v) is 10.2. The zero-order valence-electron chi connectivity index (χ0n) is 18.4. The number of nitroso groups, excluding NO2 is 1. The summed E-state index contributed by atoms with van der Waals surface area (Å²) in [5.41, 5.74) is 5.32. The van der Waals surface area contributed by atoms with Crippen LogP contribution in [0.2, 0.25) is 0 Å². The maximum Gasteiger partial charge on any atom is 0.250 e. The fourth-order valence-electron chi connectivity index (χ4n) is 3.28. The Morgan fingerprint density at radius 3 is 2.25 bits per heavy atom. The van der Waals surface area contributed by atoms with Crippen LogP contribution in [0.4, 0.5) is 5.69 Å². The molecule has 1 aliphatic rings. The highest BCUT2D eigenvalue weighted by atomic mass is 16.3. The molecule has 1 aliphatic heterocycles. The SMILES string of the molecule is CC(C)[C@H](NC(=O)[C@H](C)NC(=O)[C@H](C)N)C(=O)c1cccc2c1C(=O)CCC(=O)N2N=O. The number of benzene rings is 1. The number of carbonyl (C=O) groups is 5. The number of hydrogen-bond donors (Lipinski definition) is 3. The Kier molecular flexibility index (Phi) is 7.92. The van der Waals surface area contributed by atoms with Gasteiger partial charge in [-0.25, -0.2) is 0 Å². The van der Waals surface area contributed by atoms with Gasteiger partial charge in [0.15, 0.2) is 11.6 Å². The van der Waals surface area contributed by atoms with Crippen LogP contribution in [-0.2, 0) is 14.4 Å². The van der Waals surface area contributed by atoms with Crippen LogP contribution < -0.4 is 21.4 Å². The second-order valence-electron chi connectivity index (χ2n) is 8.02. The van der Waals surface area contributed by atoms with Crippen molar-refractivity contribution >= 4 is 35.0 Å². The Bertz CT molecular complexity index is 958. The van der Waals surface area contributed by atoms with Crippen LogP contribution in [0, 0.1) is 10.8 Å². The molecule has 0 bridgehead atoms. The summed E-state index contributed by atoms with van der Waals surface area (Å²) in [6.07, 6.45) is -0.394. The minimum Gasteiger partial charge on any atom is -0.344 e. The van der Waals surface area contributed by atoms with Gasteiger partial charge in [-0.1, -0.05) is 26.0 Å². The minimum atomic E-state index is -1.03. The molecule has 0 aromatic heterocycles. The predicted molar refractivity (Wildman–Crippen MR) is 116 cm³/mol. The van der Waals surface area contributed by atoms with Gasteiger partial charge in [0.25, 0.3) is 0 Å². The molecular formula is C21H27N5O6. The maximum atomic E-state index is 13.4. The number of Topliss-reactive ketones (excluding diaryl/α,β-unsaturated/α-hetero) is 2. The highest BCUT2D eigenvalue weighted by molar-refractivity contribution is 6.17. The monoisotopic (exact) mass is 445 g/mol. The zero-order valence-corrected chi connectivity index (χ0v) is 18.4. The van der Waals surface area contributed by atoms with E-state index in [4.69, 9.17) is 5.73 Å². The van der Waals surface area contributed by atoms with E-state index in [9.17, 15) is 28.9 Å². The van der Waals surface area contributed by atoms with Crippen molar-refractivity contribution in [3.05, 3.63) is 34.2 Å². The standard InChI is InChI=1S/C21H27N5O6/c1-10(2)18(24-21(31)12(4)23-20(30)11(3)22)19(29)13-6-5-7-14-17(13)15(27)8-9-16(28)26(14)25-32/h5-7,10-12,18H,8-9,22H2,1-4H3,(H,23,30)(H,24,31)/t11-,12-,18-/m0/s1. The second-order valence-corrected chi connectivity index (χ2v) is 8.02. The summed E-state index contributed by atoms with van der Waals surface area (Å²) in [6.45, 7) is 6.34. The number of amides is 3. The molecule has 172 valence electrons. The summed E-state index contributed by atoms with van der Waals surface area (Å²) >= 11 is 0. The number of carbonyl (C=O) groups excluding carboxylic acids is 5. The van der Waals surface area contributed by atoms with E-state index in [1.807, 2.05) is 0 Å². The molecule has 3 amide bonds. The average Bonchev–Trinajstić information content (AvgIpc) is 2.86. The third kappa shape index (κ3) is 5.22. The van der Waals surface area contributed by atoms with Crippen molar-refractivity contribution in [2.45, 2.75) is 58.7 Å². The lowest BCUT2D eigenvalue weighted by atomic mass is 9.89. The van der Waals surface area contributed by atoms with Crippen LogP contribution in [-0.4, -0.2) is 47.4 Å². The molecule has 3 atom stereocenters. The van der Waals surface area contributed by atoms with Crippen molar-refractivity contribution in [2.24, 2.45) is 16.9 Å². The third-order valence-electron chi connectivity index (χ3n) is 5.11. The van der Waals surface area contributed by atoms with Crippen molar-refractivity contribution in [1.29, 1.82) is 0 Å². The van der Waals surface area contributed by atoms with Crippen LogP contribution >= 0.6 is 0 Å². The number of nitrogens with zero attached hydrogens (tertiary/aromatic N) is 2. The summed E-state index contributed by atoms with van der Waals surface area (Å²) in [5, 5.41) is 8.35. The molecule has 0 radical (unpaired) electrons. The largest absolute Gasteiger partial charge is 0.344 e. The number of nitrogens with two attached hydrogens (primary N) is 1. The van der Waals surface area contributed by atoms with Crippen LogP contribution in [0.3, 0.4) is 0 Å². The summed E-state index contributed by atoms with van der Waals surface area (Å²) in [4.78, 5) is 73.8. The molecule has 4 N–H and O–H groups in total. The highest BCUT2D eigenvalue weighted by Crippen LogP contribution is 2.31. The van der Waals surface area contributed by atoms with E-state index in [1.54, 1.807) is 13.8 Å². The van der Waals surface area contributed by atoms with E-state index < -0.39 is 47.4 Å². The van der Waals surface area contributed by atoms with Crippen LogP contribution in [0.5, 0.6) is 0 Å². The van der Waals surface area contributed by atoms with Crippen molar-refractivity contribution in [3.8, 4) is 0 Å². The number of nitrogens with one attached hydrogen (secondary N) is 2. The molecule has 1 aromatic carbocycles. The van der Waals surface area contributed by atoms with Gasteiger partial charge in [-0.15, -0.1) is 4.91 Å². The lowest BCUT2D eigenvalue weighted by Crippen LogP contribution is -2.54. The summed E-state index contributed by atoms with van der Waals surface area (Å²) in [6, 6.07) is 1.40. The zero-order chi connectivity index (χ0) is 24.2. The van der Waals surface area contributed by atoms with E-state index in [0.717, 1.165) is 0 Å². The average molecular weight is 445 g/mol. The van der Waals surface area contributed by atoms with Gasteiger partial charge in [0, 0.05) is 18.4 Å². The Hall–Kier alpha value is -3.47. The number of anilines is 1. The smallest absolute Gasteiger partial charge is 0.250 e.